The zero-order valence-corrected chi connectivity index (χ0v) is 12.6. The number of benzene rings is 1. The number of carbonyl (C=O) groups is 1. The van der Waals surface area contributed by atoms with Crippen LogP contribution in [0.25, 0.3) is 0 Å². The summed E-state index contributed by atoms with van der Waals surface area (Å²) in [6, 6.07) is 6.67. The summed E-state index contributed by atoms with van der Waals surface area (Å²) >= 11 is 0. The van der Waals surface area contributed by atoms with E-state index in [2.05, 4.69) is 4.90 Å². The Kier molecular flexibility index (Phi) is 5.74. The minimum Gasteiger partial charge on any atom is -0.481 e. The normalized spacial score (nSPS) is 18.6. The molecule has 1 aliphatic rings. The topological polar surface area (TPSA) is 40.5 Å². The Labute approximate surface area is 125 Å². The second kappa shape index (κ2) is 7.55. The summed E-state index contributed by atoms with van der Waals surface area (Å²) in [5, 5.41) is 9.13. The SMILES string of the molecule is CCC(CC1CCN(Cc2ccc(F)cc2)CC1)C(=O)O. The van der Waals surface area contributed by atoms with E-state index in [9.17, 15) is 9.18 Å². The summed E-state index contributed by atoms with van der Waals surface area (Å²) in [6.45, 7) is 4.79. The lowest BCUT2D eigenvalue weighted by Crippen LogP contribution is -2.34. The number of carboxylic acids is 1. The van der Waals surface area contributed by atoms with Crippen LogP contribution in [0.15, 0.2) is 24.3 Å². The van der Waals surface area contributed by atoms with Gasteiger partial charge in [-0.2, -0.15) is 0 Å². The van der Waals surface area contributed by atoms with Crippen LogP contribution in [0.1, 0.15) is 38.2 Å². The first-order chi connectivity index (χ1) is 10.1. The van der Waals surface area contributed by atoms with Gasteiger partial charge in [0.05, 0.1) is 5.92 Å². The van der Waals surface area contributed by atoms with Gasteiger partial charge in [0.2, 0.25) is 0 Å². The van der Waals surface area contributed by atoms with Crippen molar-refractivity contribution in [2.75, 3.05) is 13.1 Å². The van der Waals surface area contributed by atoms with Gasteiger partial charge in [-0.25, -0.2) is 4.39 Å². The molecule has 0 spiro atoms. The Balaban J connectivity index is 1.77. The van der Waals surface area contributed by atoms with Crippen LogP contribution in [0.5, 0.6) is 0 Å². The van der Waals surface area contributed by atoms with Crippen molar-refractivity contribution in [2.24, 2.45) is 11.8 Å². The maximum Gasteiger partial charge on any atom is 0.306 e. The highest BCUT2D eigenvalue weighted by Crippen LogP contribution is 2.26. The minimum absolute atomic E-state index is 0.196. The lowest BCUT2D eigenvalue weighted by atomic mass is 9.86. The van der Waals surface area contributed by atoms with E-state index in [1.54, 1.807) is 0 Å². The summed E-state index contributed by atoms with van der Waals surface area (Å²) in [5.74, 6) is -0.530. The zero-order chi connectivity index (χ0) is 15.2. The number of likely N-dealkylation sites (tertiary alicyclic amines) is 1. The molecule has 1 aromatic carbocycles. The molecule has 0 amide bonds. The molecule has 21 heavy (non-hydrogen) atoms. The number of hydrogen-bond donors (Lipinski definition) is 1. The number of nitrogens with zero attached hydrogens (tertiary/aromatic N) is 1. The first kappa shape index (κ1) is 16.0. The summed E-state index contributed by atoms with van der Waals surface area (Å²) in [5.41, 5.74) is 1.13. The third-order valence-corrected chi connectivity index (χ3v) is 4.49. The maximum atomic E-state index is 12.9. The fourth-order valence-corrected chi connectivity index (χ4v) is 3.07. The highest BCUT2D eigenvalue weighted by Gasteiger charge is 2.24. The molecule has 1 unspecified atom stereocenters. The van der Waals surface area contributed by atoms with Gasteiger partial charge in [0, 0.05) is 6.54 Å². The van der Waals surface area contributed by atoms with Crippen LogP contribution in [0, 0.1) is 17.7 Å². The quantitative estimate of drug-likeness (QED) is 0.872. The van der Waals surface area contributed by atoms with Crippen LogP contribution in [0.2, 0.25) is 0 Å². The van der Waals surface area contributed by atoms with Crippen molar-refractivity contribution in [3.05, 3.63) is 35.6 Å². The molecule has 1 heterocycles. The van der Waals surface area contributed by atoms with Crippen molar-refractivity contribution in [1.29, 1.82) is 0 Å². The van der Waals surface area contributed by atoms with E-state index in [4.69, 9.17) is 5.11 Å². The van der Waals surface area contributed by atoms with Crippen molar-refractivity contribution < 1.29 is 14.3 Å². The molecule has 0 aromatic heterocycles. The predicted octanol–water partition coefficient (Wildman–Crippen LogP) is 3.54. The van der Waals surface area contributed by atoms with Gasteiger partial charge in [-0.05, 0) is 62.4 Å². The van der Waals surface area contributed by atoms with Gasteiger partial charge in [0.1, 0.15) is 5.82 Å². The monoisotopic (exact) mass is 293 g/mol. The number of hydrogen-bond acceptors (Lipinski definition) is 2. The Hall–Kier alpha value is -1.42. The van der Waals surface area contributed by atoms with E-state index in [-0.39, 0.29) is 11.7 Å². The predicted molar refractivity (Wildman–Crippen MR) is 80.4 cm³/mol. The van der Waals surface area contributed by atoms with Crippen molar-refractivity contribution in [3.63, 3.8) is 0 Å². The first-order valence-electron chi connectivity index (χ1n) is 7.78. The van der Waals surface area contributed by atoms with Gasteiger partial charge in [-0.1, -0.05) is 19.1 Å². The zero-order valence-electron chi connectivity index (χ0n) is 12.6. The minimum atomic E-state index is -0.661. The second-order valence-corrected chi connectivity index (χ2v) is 6.03. The van der Waals surface area contributed by atoms with Gasteiger partial charge in [-0.3, -0.25) is 9.69 Å². The number of halogens is 1. The standard InChI is InChI=1S/C17H24FNO2/c1-2-15(17(20)21)11-13-7-9-19(10-8-13)12-14-3-5-16(18)6-4-14/h3-6,13,15H,2,7-12H2,1H3,(H,20,21). The lowest BCUT2D eigenvalue weighted by Gasteiger charge is -2.33. The van der Waals surface area contributed by atoms with Crippen LogP contribution >= 0.6 is 0 Å². The Morgan fingerprint density at radius 3 is 2.48 bits per heavy atom. The Bertz CT molecular complexity index is 452. The molecule has 0 aliphatic carbocycles. The molecule has 1 aliphatic heterocycles. The lowest BCUT2D eigenvalue weighted by molar-refractivity contribution is -0.142. The van der Waals surface area contributed by atoms with Crippen molar-refractivity contribution in [2.45, 2.75) is 39.2 Å². The molecular weight excluding hydrogens is 269 g/mol. The number of rotatable bonds is 6. The smallest absolute Gasteiger partial charge is 0.306 e. The maximum absolute atomic E-state index is 12.9. The molecule has 1 fully saturated rings. The molecule has 1 aromatic rings. The molecule has 4 heteroatoms. The molecule has 1 atom stereocenters. The van der Waals surface area contributed by atoms with Crippen LogP contribution in [0.4, 0.5) is 4.39 Å². The molecule has 3 nitrogen and oxygen atoms in total. The summed E-state index contributed by atoms with van der Waals surface area (Å²) in [4.78, 5) is 13.5. The van der Waals surface area contributed by atoms with Crippen LogP contribution in [-0.2, 0) is 11.3 Å². The van der Waals surface area contributed by atoms with E-state index >= 15 is 0 Å². The van der Waals surface area contributed by atoms with Crippen LogP contribution < -0.4 is 0 Å². The second-order valence-electron chi connectivity index (χ2n) is 6.03. The van der Waals surface area contributed by atoms with Gasteiger partial charge in [0.25, 0.3) is 0 Å². The summed E-state index contributed by atoms with van der Waals surface area (Å²) in [7, 11) is 0. The molecular formula is C17H24FNO2. The number of carboxylic acid groups (broad SMARTS) is 1. The average Bonchev–Trinajstić information content (AvgIpc) is 2.48. The van der Waals surface area contributed by atoms with E-state index in [0.29, 0.717) is 12.3 Å². The third-order valence-electron chi connectivity index (χ3n) is 4.49. The largest absolute Gasteiger partial charge is 0.481 e. The molecule has 1 saturated heterocycles. The van der Waals surface area contributed by atoms with Gasteiger partial charge in [0.15, 0.2) is 0 Å². The average molecular weight is 293 g/mol. The van der Waals surface area contributed by atoms with Gasteiger partial charge < -0.3 is 5.11 Å². The van der Waals surface area contributed by atoms with Gasteiger partial charge >= 0.3 is 5.97 Å². The van der Waals surface area contributed by atoms with Crippen molar-refractivity contribution in [3.8, 4) is 0 Å². The molecule has 0 saturated carbocycles. The Morgan fingerprint density at radius 2 is 1.95 bits per heavy atom. The highest BCUT2D eigenvalue weighted by molar-refractivity contribution is 5.69. The number of piperidine rings is 1. The van der Waals surface area contributed by atoms with Gasteiger partial charge in [-0.15, -0.1) is 0 Å². The molecule has 1 N–H and O–H groups in total. The van der Waals surface area contributed by atoms with Crippen molar-refractivity contribution in [1.82, 2.24) is 4.90 Å². The molecule has 0 radical (unpaired) electrons. The fraction of sp³-hybridized carbons (Fsp3) is 0.588. The highest BCUT2D eigenvalue weighted by atomic mass is 19.1. The number of aliphatic carboxylic acids is 1. The van der Waals surface area contributed by atoms with Crippen molar-refractivity contribution >= 4 is 5.97 Å². The first-order valence-corrected chi connectivity index (χ1v) is 7.78. The summed E-state index contributed by atoms with van der Waals surface area (Å²) < 4.78 is 12.9. The molecule has 116 valence electrons. The van der Waals surface area contributed by atoms with Crippen LogP contribution in [-0.4, -0.2) is 29.1 Å². The van der Waals surface area contributed by atoms with E-state index in [1.165, 1.54) is 12.1 Å². The molecule has 0 bridgehead atoms. The molecule has 2 rings (SSSR count). The van der Waals surface area contributed by atoms with Crippen LogP contribution in [0.3, 0.4) is 0 Å². The summed E-state index contributed by atoms with van der Waals surface area (Å²) in [6.07, 6.45) is 3.64. The van der Waals surface area contributed by atoms with E-state index in [1.807, 2.05) is 19.1 Å². The third kappa shape index (κ3) is 4.81. The van der Waals surface area contributed by atoms with E-state index in [0.717, 1.165) is 44.5 Å². The fourth-order valence-electron chi connectivity index (χ4n) is 3.07. The van der Waals surface area contributed by atoms with E-state index < -0.39 is 5.97 Å². The Morgan fingerprint density at radius 1 is 1.33 bits per heavy atom.